The zero-order valence-corrected chi connectivity index (χ0v) is 12.9. The lowest BCUT2D eigenvalue weighted by Gasteiger charge is -2.23. The van der Waals surface area contributed by atoms with Gasteiger partial charge in [-0.05, 0) is 18.6 Å². The van der Waals surface area contributed by atoms with Crippen LogP contribution < -0.4 is 5.32 Å². The molecule has 1 aliphatic rings. The van der Waals surface area contributed by atoms with Crippen LogP contribution >= 0.6 is 0 Å². The minimum atomic E-state index is -0.449. The van der Waals surface area contributed by atoms with E-state index in [-0.39, 0.29) is 17.9 Å². The van der Waals surface area contributed by atoms with Gasteiger partial charge in [-0.2, -0.15) is 0 Å². The van der Waals surface area contributed by atoms with E-state index in [4.69, 9.17) is 0 Å². The van der Waals surface area contributed by atoms with Crippen molar-refractivity contribution in [3.63, 3.8) is 0 Å². The van der Waals surface area contributed by atoms with E-state index in [9.17, 15) is 14.0 Å². The Balaban J connectivity index is 1.91. The number of carbonyl (C=O) groups excluding carboxylic acids is 2. The van der Waals surface area contributed by atoms with E-state index in [0.717, 1.165) is 12.6 Å². The van der Waals surface area contributed by atoms with Gasteiger partial charge in [0.2, 0.25) is 5.91 Å². The molecule has 0 radical (unpaired) electrons. The molecule has 3 amide bonds. The number of anilines is 1. The summed E-state index contributed by atoms with van der Waals surface area (Å²) in [7, 11) is 0. The Hall–Kier alpha value is -2.18. The Bertz CT molecular complexity index is 533. The smallest absolute Gasteiger partial charge is 0.323 e. The molecule has 0 spiro atoms. The Kier molecular flexibility index (Phi) is 5.30. The van der Waals surface area contributed by atoms with Gasteiger partial charge in [0.15, 0.2) is 0 Å². The number of aromatic nitrogens is 1. The number of amides is 3. The molecule has 1 aromatic rings. The second-order valence-electron chi connectivity index (χ2n) is 5.61. The lowest BCUT2D eigenvalue weighted by atomic mass is 10.2. The lowest BCUT2D eigenvalue weighted by molar-refractivity contribution is -0.134. The van der Waals surface area contributed by atoms with Crippen molar-refractivity contribution in [3.05, 3.63) is 24.1 Å². The van der Waals surface area contributed by atoms with Crippen LogP contribution in [0.3, 0.4) is 0 Å². The van der Waals surface area contributed by atoms with Crippen molar-refractivity contribution in [2.75, 3.05) is 31.5 Å². The molecule has 0 aromatic carbocycles. The molecule has 1 saturated heterocycles. The fourth-order valence-corrected chi connectivity index (χ4v) is 2.34. The van der Waals surface area contributed by atoms with E-state index in [0.29, 0.717) is 32.0 Å². The molecule has 7 heteroatoms. The van der Waals surface area contributed by atoms with Crippen LogP contribution in [-0.4, -0.2) is 52.9 Å². The fourth-order valence-electron chi connectivity index (χ4n) is 2.34. The molecule has 1 N–H and O–H groups in total. The molecule has 0 unspecified atom stereocenters. The van der Waals surface area contributed by atoms with Crippen molar-refractivity contribution < 1.29 is 14.0 Å². The molecule has 2 heterocycles. The number of rotatable bonds is 2. The average Bonchev–Trinajstić information content (AvgIpc) is 2.74. The van der Waals surface area contributed by atoms with Crippen molar-refractivity contribution in [1.82, 2.24) is 14.8 Å². The SMILES string of the molecule is CC(C)C(=O)N1CCCN(C(=O)Nc2ccc(F)cn2)CC1. The number of urea groups is 1. The molecule has 1 fully saturated rings. The molecule has 6 nitrogen and oxygen atoms in total. The van der Waals surface area contributed by atoms with Crippen LogP contribution in [0.25, 0.3) is 0 Å². The predicted molar refractivity (Wildman–Crippen MR) is 80.8 cm³/mol. The largest absolute Gasteiger partial charge is 0.341 e. The number of halogens is 1. The Morgan fingerprint density at radius 2 is 1.86 bits per heavy atom. The summed E-state index contributed by atoms with van der Waals surface area (Å²) >= 11 is 0. The number of hydrogen-bond donors (Lipinski definition) is 1. The summed E-state index contributed by atoms with van der Waals surface area (Å²) in [5, 5.41) is 2.64. The highest BCUT2D eigenvalue weighted by Crippen LogP contribution is 2.10. The molecule has 1 aliphatic heterocycles. The quantitative estimate of drug-likeness (QED) is 0.908. The molecular formula is C15H21FN4O2. The van der Waals surface area contributed by atoms with Gasteiger partial charge in [0, 0.05) is 32.1 Å². The number of nitrogens with one attached hydrogen (secondary N) is 1. The van der Waals surface area contributed by atoms with Gasteiger partial charge in [0.1, 0.15) is 11.6 Å². The number of carbonyl (C=O) groups is 2. The minimum absolute atomic E-state index is 0.0382. The third-order valence-electron chi connectivity index (χ3n) is 3.55. The number of hydrogen-bond acceptors (Lipinski definition) is 3. The monoisotopic (exact) mass is 308 g/mol. The van der Waals surface area contributed by atoms with Crippen LogP contribution in [0.15, 0.2) is 18.3 Å². The third-order valence-corrected chi connectivity index (χ3v) is 3.55. The molecule has 0 aliphatic carbocycles. The van der Waals surface area contributed by atoms with Gasteiger partial charge < -0.3 is 9.80 Å². The Morgan fingerprint density at radius 1 is 1.18 bits per heavy atom. The summed E-state index contributed by atoms with van der Waals surface area (Å²) in [5.41, 5.74) is 0. The summed E-state index contributed by atoms with van der Waals surface area (Å²) in [6, 6.07) is 2.38. The lowest BCUT2D eigenvalue weighted by Crippen LogP contribution is -2.40. The standard InChI is InChI=1S/C15H21FN4O2/c1-11(2)14(21)19-6-3-7-20(9-8-19)15(22)18-13-5-4-12(16)10-17-13/h4-5,10-11H,3,6-9H2,1-2H3,(H,17,18,22). The van der Waals surface area contributed by atoms with E-state index >= 15 is 0 Å². The summed E-state index contributed by atoms with van der Waals surface area (Å²) in [6.07, 6.45) is 1.80. The highest BCUT2D eigenvalue weighted by atomic mass is 19.1. The molecule has 0 bridgehead atoms. The second-order valence-corrected chi connectivity index (χ2v) is 5.61. The van der Waals surface area contributed by atoms with Crippen LogP contribution in [-0.2, 0) is 4.79 Å². The van der Waals surface area contributed by atoms with Gasteiger partial charge in [-0.15, -0.1) is 0 Å². The molecular weight excluding hydrogens is 287 g/mol. The summed E-state index contributed by atoms with van der Waals surface area (Å²) in [4.78, 5) is 31.5. The van der Waals surface area contributed by atoms with Crippen LogP contribution in [0.4, 0.5) is 15.0 Å². The van der Waals surface area contributed by atoms with Crippen molar-refractivity contribution >= 4 is 17.8 Å². The molecule has 0 saturated carbocycles. The van der Waals surface area contributed by atoms with Crippen LogP contribution in [0.1, 0.15) is 20.3 Å². The maximum Gasteiger partial charge on any atom is 0.323 e. The molecule has 0 atom stereocenters. The highest BCUT2D eigenvalue weighted by Gasteiger charge is 2.23. The summed E-state index contributed by atoms with van der Waals surface area (Å²) in [5.74, 6) is -0.0624. The van der Waals surface area contributed by atoms with E-state index in [1.54, 1.807) is 9.80 Å². The Labute approximate surface area is 129 Å². The van der Waals surface area contributed by atoms with Crippen molar-refractivity contribution in [3.8, 4) is 0 Å². The van der Waals surface area contributed by atoms with Gasteiger partial charge in [0.25, 0.3) is 0 Å². The average molecular weight is 308 g/mol. The van der Waals surface area contributed by atoms with Crippen molar-refractivity contribution in [2.24, 2.45) is 5.92 Å². The van der Waals surface area contributed by atoms with E-state index in [1.165, 1.54) is 12.1 Å². The summed E-state index contributed by atoms with van der Waals surface area (Å²) in [6.45, 7) is 5.99. The van der Waals surface area contributed by atoms with Crippen LogP contribution in [0.5, 0.6) is 0 Å². The Morgan fingerprint density at radius 3 is 2.50 bits per heavy atom. The van der Waals surface area contributed by atoms with Crippen molar-refractivity contribution in [1.29, 1.82) is 0 Å². The fraction of sp³-hybridized carbons (Fsp3) is 0.533. The van der Waals surface area contributed by atoms with E-state index in [1.807, 2.05) is 13.8 Å². The van der Waals surface area contributed by atoms with Gasteiger partial charge in [0.05, 0.1) is 6.20 Å². The first kappa shape index (κ1) is 16.2. The predicted octanol–water partition coefficient (Wildman–Crippen LogP) is 1.94. The summed E-state index contributed by atoms with van der Waals surface area (Å²) < 4.78 is 12.8. The second kappa shape index (κ2) is 7.20. The van der Waals surface area contributed by atoms with Gasteiger partial charge >= 0.3 is 6.03 Å². The molecule has 120 valence electrons. The molecule has 1 aromatic heterocycles. The van der Waals surface area contributed by atoms with Gasteiger partial charge in [-0.3, -0.25) is 10.1 Å². The minimum Gasteiger partial charge on any atom is -0.341 e. The maximum absolute atomic E-state index is 12.8. The normalized spacial score (nSPS) is 15.6. The third kappa shape index (κ3) is 4.16. The zero-order chi connectivity index (χ0) is 16.1. The highest BCUT2D eigenvalue weighted by molar-refractivity contribution is 5.88. The van der Waals surface area contributed by atoms with Crippen LogP contribution in [0, 0.1) is 11.7 Å². The number of pyridine rings is 1. The van der Waals surface area contributed by atoms with Crippen LogP contribution in [0.2, 0.25) is 0 Å². The first-order valence-electron chi connectivity index (χ1n) is 7.43. The molecule has 2 rings (SSSR count). The topological polar surface area (TPSA) is 65.5 Å². The first-order valence-corrected chi connectivity index (χ1v) is 7.43. The van der Waals surface area contributed by atoms with Gasteiger partial charge in [-0.1, -0.05) is 13.8 Å². The van der Waals surface area contributed by atoms with E-state index in [2.05, 4.69) is 10.3 Å². The van der Waals surface area contributed by atoms with E-state index < -0.39 is 5.82 Å². The number of nitrogens with zero attached hydrogens (tertiary/aromatic N) is 3. The van der Waals surface area contributed by atoms with Crippen molar-refractivity contribution in [2.45, 2.75) is 20.3 Å². The first-order chi connectivity index (χ1) is 10.5. The molecule has 22 heavy (non-hydrogen) atoms. The van der Waals surface area contributed by atoms with Gasteiger partial charge in [-0.25, -0.2) is 14.2 Å². The zero-order valence-electron chi connectivity index (χ0n) is 12.9. The maximum atomic E-state index is 12.8.